The molecule has 27 heavy (non-hydrogen) atoms. The zero-order chi connectivity index (χ0) is 18.8. The normalized spacial score (nSPS) is 24.6. The molecule has 2 atom stereocenters. The first-order valence-electron chi connectivity index (χ1n) is 10.0. The summed E-state index contributed by atoms with van der Waals surface area (Å²) in [6.45, 7) is 5.31. The predicted molar refractivity (Wildman–Crippen MR) is 117 cm³/mol. The number of nitrogens with zero attached hydrogens (tertiary/aromatic N) is 1. The smallest absolute Gasteiger partial charge is 0.171 e. The molecule has 0 aliphatic carbocycles. The van der Waals surface area contributed by atoms with Crippen molar-refractivity contribution in [3.8, 4) is 0 Å². The van der Waals surface area contributed by atoms with Crippen LogP contribution in [0.25, 0.3) is 0 Å². The third-order valence-electron chi connectivity index (χ3n) is 6.07. The summed E-state index contributed by atoms with van der Waals surface area (Å²) in [4.78, 5) is 2.72. The van der Waals surface area contributed by atoms with Crippen molar-refractivity contribution in [3.63, 3.8) is 0 Å². The fraction of sp³-hybridized carbons (Fsp3) is 0.435. The molecule has 4 heteroatoms. The molecule has 2 aliphatic rings. The highest BCUT2D eigenvalue weighted by atomic mass is 32.1. The molecule has 3 nitrogen and oxygen atoms in total. The van der Waals surface area contributed by atoms with Crippen LogP contribution in [0.1, 0.15) is 42.4 Å². The second kappa shape index (κ2) is 7.99. The molecule has 0 spiro atoms. The Bertz CT molecular complexity index is 791. The number of nitrogens with one attached hydrogen (secondary N) is 2. The fourth-order valence-corrected chi connectivity index (χ4v) is 4.94. The largest absolute Gasteiger partial charge is 0.360 e. The molecule has 2 fully saturated rings. The van der Waals surface area contributed by atoms with Crippen molar-refractivity contribution in [2.75, 3.05) is 5.32 Å². The first kappa shape index (κ1) is 18.5. The number of benzene rings is 2. The Balaban J connectivity index is 1.34. The Morgan fingerprint density at radius 3 is 2.44 bits per heavy atom. The first-order valence-corrected chi connectivity index (χ1v) is 10.4. The van der Waals surface area contributed by atoms with Crippen LogP contribution in [0.15, 0.2) is 48.5 Å². The van der Waals surface area contributed by atoms with Crippen molar-refractivity contribution in [1.82, 2.24) is 10.2 Å². The van der Waals surface area contributed by atoms with E-state index in [9.17, 15) is 0 Å². The van der Waals surface area contributed by atoms with Crippen LogP contribution >= 0.6 is 12.2 Å². The van der Waals surface area contributed by atoms with Crippen molar-refractivity contribution in [3.05, 3.63) is 65.2 Å². The van der Waals surface area contributed by atoms with Crippen LogP contribution in [0.3, 0.4) is 0 Å². The van der Waals surface area contributed by atoms with E-state index in [0.717, 1.165) is 17.3 Å². The predicted octanol–water partition coefficient (Wildman–Crippen LogP) is 4.79. The topological polar surface area (TPSA) is 27.3 Å². The van der Waals surface area contributed by atoms with Gasteiger partial charge in [0, 0.05) is 30.4 Å². The summed E-state index contributed by atoms with van der Waals surface area (Å²) in [5.74, 6) is 0. The van der Waals surface area contributed by atoms with E-state index >= 15 is 0 Å². The molecule has 2 bridgehead atoms. The van der Waals surface area contributed by atoms with Gasteiger partial charge in [0.2, 0.25) is 0 Å². The van der Waals surface area contributed by atoms with Gasteiger partial charge in [-0.25, -0.2) is 0 Å². The zero-order valence-corrected chi connectivity index (χ0v) is 17.1. The van der Waals surface area contributed by atoms with E-state index in [4.69, 9.17) is 12.2 Å². The number of piperidine rings is 1. The summed E-state index contributed by atoms with van der Waals surface area (Å²) in [6, 6.07) is 19.1. The number of rotatable bonds is 4. The van der Waals surface area contributed by atoms with Gasteiger partial charge in [0.25, 0.3) is 0 Å². The van der Waals surface area contributed by atoms with Gasteiger partial charge in [-0.05, 0) is 74.5 Å². The molecule has 2 unspecified atom stereocenters. The summed E-state index contributed by atoms with van der Waals surface area (Å²) in [7, 11) is 0. The molecule has 4 rings (SSSR count). The Morgan fingerprint density at radius 1 is 1.04 bits per heavy atom. The average molecular weight is 380 g/mol. The highest BCUT2D eigenvalue weighted by Gasteiger charge is 2.40. The molecular weight excluding hydrogens is 350 g/mol. The Hall–Kier alpha value is -1.91. The van der Waals surface area contributed by atoms with Gasteiger partial charge in [-0.3, -0.25) is 4.90 Å². The molecule has 2 N–H and O–H groups in total. The lowest BCUT2D eigenvalue weighted by Gasteiger charge is -2.39. The summed E-state index contributed by atoms with van der Waals surface area (Å²) >= 11 is 5.62. The van der Waals surface area contributed by atoms with Crippen molar-refractivity contribution in [1.29, 1.82) is 0 Å². The quantitative estimate of drug-likeness (QED) is 0.747. The van der Waals surface area contributed by atoms with Gasteiger partial charge in [-0.15, -0.1) is 0 Å². The maximum absolute atomic E-state index is 5.62. The van der Waals surface area contributed by atoms with Crippen molar-refractivity contribution in [2.24, 2.45) is 0 Å². The van der Waals surface area contributed by atoms with Crippen molar-refractivity contribution >= 4 is 23.0 Å². The van der Waals surface area contributed by atoms with E-state index in [-0.39, 0.29) is 0 Å². The molecule has 2 aromatic carbocycles. The van der Waals surface area contributed by atoms with Crippen LogP contribution < -0.4 is 10.6 Å². The van der Waals surface area contributed by atoms with Crippen LogP contribution in [-0.4, -0.2) is 28.1 Å². The molecule has 2 aliphatic heterocycles. The second-order valence-corrected chi connectivity index (χ2v) is 8.54. The first-order chi connectivity index (χ1) is 13.1. The molecule has 2 heterocycles. The lowest BCUT2D eigenvalue weighted by Crippen LogP contribution is -2.50. The standard InChI is InChI=1S/C23H29N3S/c1-16-8-9-17(2)22(12-16)25-23(27)24-19-13-20-10-11-21(14-19)26(20)15-18-6-4-3-5-7-18/h3-9,12,19-21H,10-11,13-15H2,1-2H3,(H2,24,25,27). The number of fused-ring (bicyclic) bond motifs is 2. The number of hydrogen-bond acceptors (Lipinski definition) is 2. The lowest BCUT2D eigenvalue weighted by molar-refractivity contribution is 0.115. The highest BCUT2D eigenvalue weighted by molar-refractivity contribution is 7.80. The van der Waals surface area contributed by atoms with Gasteiger partial charge >= 0.3 is 0 Å². The van der Waals surface area contributed by atoms with Gasteiger partial charge in [-0.2, -0.15) is 0 Å². The summed E-state index contributed by atoms with van der Waals surface area (Å²) in [5, 5.41) is 7.75. The van der Waals surface area contributed by atoms with Gasteiger partial charge in [0.05, 0.1) is 0 Å². The van der Waals surface area contributed by atoms with Crippen molar-refractivity contribution in [2.45, 2.75) is 64.2 Å². The third kappa shape index (κ3) is 4.33. The van der Waals surface area contributed by atoms with E-state index < -0.39 is 0 Å². The van der Waals surface area contributed by atoms with Crippen LogP contribution in [0.5, 0.6) is 0 Å². The Kier molecular flexibility index (Phi) is 5.46. The second-order valence-electron chi connectivity index (χ2n) is 8.13. The Morgan fingerprint density at radius 2 is 1.74 bits per heavy atom. The molecule has 0 aromatic heterocycles. The molecule has 0 radical (unpaired) electrons. The van der Waals surface area contributed by atoms with Gasteiger partial charge in [0.15, 0.2) is 5.11 Å². The SMILES string of the molecule is Cc1ccc(C)c(NC(=S)NC2CC3CCC(C2)N3Cc2ccccc2)c1. The minimum Gasteiger partial charge on any atom is -0.360 e. The van der Waals surface area contributed by atoms with E-state index in [0.29, 0.717) is 18.1 Å². The van der Waals surface area contributed by atoms with Gasteiger partial charge in [0.1, 0.15) is 0 Å². The lowest BCUT2D eigenvalue weighted by atomic mass is 9.96. The van der Waals surface area contributed by atoms with Gasteiger partial charge in [-0.1, -0.05) is 42.5 Å². The van der Waals surface area contributed by atoms with E-state index in [2.05, 4.69) is 77.9 Å². The minimum absolute atomic E-state index is 0.472. The van der Waals surface area contributed by atoms with Crippen LogP contribution in [0, 0.1) is 13.8 Å². The number of aryl methyl sites for hydroxylation is 2. The molecular formula is C23H29N3S. The molecule has 0 amide bonds. The molecule has 2 aromatic rings. The number of anilines is 1. The van der Waals surface area contributed by atoms with E-state index in [1.54, 1.807) is 0 Å². The fourth-order valence-electron chi connectivity index (χ4n) is 4.66. The summed E-state index contributed by atoms with van der Waals surface area (Å²) in [6.07, 6.45) is 4.98. The third-order valence-corrected chi connectivity index (χ3v) is 6.29. The zero-order valence-electron chi connectivity index (χ0n) is 16.2. The minimum atomic E-state index is 0.472. The monoisotopic (exact) mass is 379 g/mol. The molecule has 142 valence electrons. The Labute approximate surface area is 168 Å². The van der Waals surface area contributed by atoms with Crippen LogP contribution in [0.2, 0.25) is 0 Å². The summed E-state index contributed by atoms with van der Waals surface area (Å²) < 4.78 is 0. The maximum Gasteiger partial charge on any atom is 0.171 e. The molecule has 2 saturated heterocycles. The summed E-state index contributed by atoms with van der Waals surface area (Å²) in [5.41, 5.74) is 5.01. The van der Waals surface area contributed by atoms with E-state index in [1.807, 2.05) is 0 Å². The van der Waals surface area contributed by atoms with Gasteiger partial charge < -0.3 is 10.6 Å². The van der Waals surface area contributed by atoms with Crippen LogP contribution in [-0.2, 0) is 6.54 Å². The highest BCUT2D eigenvalue weighted by Crippen LogP contribution is 2.36. The average Bonchev–Trinajstić information content (AvgIpc) is 2.88. The van der Waals surface area contributed by atoms with E-state index in [1.165, 1.54) is 42.4 Å². The number of hydrogen-bond donors (Lipinski definition) is 2. The van der Waals surface area contributed by atoms with Crippen molar-refractivity contribution < 1.29 is 0 Å². The number of thiocarbonyl (C=S) groups is 1. The van der Waals surface area contributed by atoms with Crippen LogP contribution in [0.4, 0.5) is 5.69 Å². The maximum atomic E-state index is 5.62. The molecule has 0 saturated carbocycles.